The Bertz CT molecular complexity index is 723. The van der Waals surface area contributed by atoms with Crippen molar-refractivity contribution in [1.29, 1.82) is 0 Å². The van der Waals surface area contributed by atoms with Crippen molar-refractivity contribution < 1.29 is 8.42 Å². The van der Waals surface area contributed by atoms with Crippen LogP contribution < -0.4 is 4.72 Å². The Morgan fingerprint density at radius 1 is 1.10 bits per heavy atom. The lowest BCUT2D eigenvalue weighted by molar-refractivity contribution is 0.586. The van der Waals surface area contributed by atoms with Crippen LogP contribution in [-0.4, -0.2) is 15.0 Å². The van der Waals surface area contributed by atoms with Gasteiger partial charge in [-0.05, 0) is 34.3 Å². The van der Waals surface area contributed by atoms with E-state index in [1.807, 2.05) is 41.3 Å². The van der Waals surface area contributed by atoms with Crippen LogP contribution >= 0.6 is 22.6 Å². The first kappa shape index (κ1) is 16.2. The Morgan fingerprint density at radius 3 is 2.29 bits per heavy atom. The van der Waals surface area contributed by atoms with Crippen molar-refractivity contribution in [3.8, 4) is 0 Å². The molecule has 0 bridgehead atoms. The van der Waals surface area contributed by atoms with Crippen LogP contribution in [0, 0.1) is 6.92 Å². The van der Waals surface area contributed by atoms with Gasteiger partial charge in [-0.1, -0.05) is 70.6 Å². The van der Waals surface area contributed by atoms with Gasteiger partial charge in [0.05, 0.1) is 4.90 Å². The second kappa shape index (κ2) is 7.20. The van der Waals surface area contributed by atoms with E-state index in [1.54, 1.807) is 24.3 Å². The zero-order valence-corrected chi connectivity index (χ0v) is 14.6. The summed E-state index contributed by atoms with van der Waals surface area (Å²) in [5.41, 5.74) is 2.98. The summed E-state index contributed by atoms with van der Waals surface area (Å²) in [5, 5.41) is 0. The van der Waals surface area contributed by atoms with Crippen molar-refractivity contribution in [2.24, 2.45) is 0 Å². The van der Waals surface area contributed by atoms with Gasteiger partial charge in [0.1, 0.15) is 0 Å². The topological polar surface area (TPSA) is 46.2 Å². The summed E-state index contributed by atoms with van der Waals surface area (Å²) >= 11 is 2.13. The fraction of sp³-hybridized carbons (Fsp3) is 0.125. The van der Waals surface area contributed by atoms with Crippen molar-refractivity contribution >= 4 is 38.2 Å². The quantitative estimate of drug-likeness (QED) is 0.760. The van der Waals surface area contributed by atoms with E-state index in [1.165, 1.54) is 0 Å². The minimum atomic E-state index is -3.48. The Kier molecular flexibility index (Phi) is 5.55. The minimum absolute atomic E-state index is 0.267. The summed E-state index contributed by atoms with van der Waals surface area (Å²) in [5.74, 6) is 0. The molecule has 0 aliphatic heterocycles. The molecule has 0 amide bonds. The van der Waals surface area contributed by atoms with Gasteiger partial charge in [-0.3, -0.25) is 0 Å². The molecule has 0 saturated carbocycles. The van der Waals surface area contributed by atoms with Gasteiger partial charge >= 0.3 is 0 Å². The predicted molar refractivity (Wildman–Crippen MR) is 94.8 cm³/mol. The second-order valence-corrected chi connectivity index (χ2v) is 7.03. The van der Waals surface area contributed by atoms with Gasteiger partial charge in [0.2, 0.25) is 10.0 Å². The molecule has 0 saturated heterocycles. The van der Waals surface area contributed by atoms with Gasteiger partial charge in [-0.2, -0.15) is 0 Å². The number of hydrogen-bond donors (Lipinski definition) is 1. The summed E-state index contributed by atoms with van der Waals surface area (Å²) in [6, 6.07) is 16.6. The molecule has 2 aromatic rings. The fourth-order valence-electron chi connectivity index (χ4n) is 1.83. The lowest BCUT2D eigenvalue weighted by Crippen LogP contribution is -2.25. The van der Waals surface area contributed by atoms with Crippen LogP contribution in [0.15, 0.2) is 63.6 Å². The summed E-state index contributed by atoms with van der Waals surface area (Å²) in [4.78, 5) is 0.286. The van der Waals surface area contributed by atoms with Gasteiger partial charge in [0, 0.05) is 6.54 Å². The first-order chi connectivity index (χ1) is 10.0. The maximum atomic E-state index is 12.3. The van der Waals surface area contributed by atoms with Gasteiger partial charge in [-0.15, -0.1) is 0 Å². The summed E-state index contributed by atoms with van der Waals surface area (Å²) in [6.45, 7) is 2.19. The van der Waals surface area contributed by atoms with Crippen molar-refractivity contribution in [3.05, 3.63) is 69.8 Å². The monoisotopic (exact) mass is 413 g/mol. The van der Waals surface area contributed by atoms with Gasteiger partial charge in [-0.25, -0.2) is 13.1 Å². The van der Waals surface area contributed by atoms with E-state index in [0.29, 0.717) is 0 Å². The molecule has 5 heteroatoms. The molecule has 0 heterocycles. The van der Waals surface area contributed by atoms with Crippen LogP contribution in [0.1, 0.15) is 11.1 Å². The SMILES string of the molecule is Cc1ccc(S(=O)(=O)NC/C(=C\I)c2ccccc2)cc1. The van der Waals surface area contributed by atoms with E-state index in [9.17, 15) is 8.42 Å². The molecule has 0 spiro atoms. The molecule has 1 N–H and O–H groups in total. The first-order valence-electron chi connectivity index (χ1n) is 6.44. The molecule has 0 unspecified atom stereocenters. The van der Waals surface area contributed by atoms with Gasteiger partial charge in [0.15, 0.2) is 0 Å². The molecule has 0 aliphatic carbocycles. The van der Waals surface area contributed by atoms with Crippen molar-refractivity contribution in [2.45, 2.75) is 11.8 Å². The van der Waals surface area contributed by atoms with Crippen LogP contribution in [0.3, 0.4) is 0 Å². The Labute approximate surface area is 139 Å². The summed E-state index contributed by atoms with van der Waals surface area (Å²) in [6.07, 6.45) is 0. The molecule has 0 atom stereocenters. The third kappa shape index (κ3) is 4.39. The zero-order valence-electron chi connectivity index (χ0n) is 11.6. The molecule has 2 rings (SSSR count). The molecule has 0 aromatic heterocycles. The molecular formula is C16H16INO2S. The van der Waals surface area contributed by atoms with E-state index in [-0.39, 0.29) is 11.4 Å². The first-order valence-corrected chi connectivity index (χ1v) is 9.17. The average molecular weight is 413 g/mol. The Balaban J connectivity index is 2.13. The number of halogens is 1. The molecule has 0 fully saturated rings. The highest BCUT2D eigenvalue weighted by molar-refractivity contribution is 14.1. The maximum absolute atomic E-state index is 12.3. The van der Waals surface area contributed by atoms with E-state index in [4.69, 9.17) is 0 Å². The number of rotatable bonds is 5. The summed E-state index contributed by atoms with van der Waals surface area (Å²) < 4.78 is 29.0. The molecule has 21 heavy (non-hydrogen) atoms. The van der Waals surface area contributed by atoms with Crippen LogP contribution in [0.2, 0.25) is 0 Å². The molecule has 3 nitrogen and oxygen atoms in total. The number of sulfonamides is 1. The molecular weight excluding hydrogens is 397 g/mol. The third-order valence-corrected chi connectivity index (χ3v) is 5.23. The second-order valence-electron chi connectivity index (χ2n) is 4.64. The zero-order chi connectivity index (χ0) is 15.3. The maximum Gasteiger partial charge on any atom is 0.240 e. The van der Waals surface area contributed by atoms with Crippen LogP contribution in [0.4, 0.5) is 0 Å². The van der Waals surface area contributed by atoms with E-state index in [0.717, 1.165) is 16.7 Å². The van der Waals surface area contributed by atoms with Crippen LogP contribution in [-0.2, 0) is 10.0 Å². The lowest BCUT2D eigenvalue weighted by atomic mass is 10.1. The highest BCUT2D eigenvalue weighted by atomic mass is 127. The average Bonchev–Trinajstić information content (AvgIpc) is 2.49. The smallest absolute Gasteiger partial charge is 0.207 e. The van der Waals surface area contributed by atoms with Gasteiger partial charge in [0.25, 0.3) is 0 Å². The molecule has 0 radical (unpaired) electrons. The van der Waals surface area contributed by atoms with Crippen molar-refractivity contribution in [3.63, 3.8) is 0 Å². The van der Waals surface area contributed by atoms with Crippen molar-refractivity contribution in [1.82, 2.24) is 4.72 Å². The van der Waals surface area contributed by atoms with Crippen LogP contribution in [0.25, 0.3) is 5.57 Å². The Hall–Kier alpha value is -1.18. The van der Waals surface area contributed by atoms with Crippen LogP contribution in [0.5, 0.6) is 0 Å². The van der Waals surface area contributed by atoms with E-state index >= 15 is 0 Å². The predicted octanol–water partition coefficient (Wildman–Crippen LogP) is 3.75. The largest absolute Gasteiger partial charge is 0.240 e. The Morgan fingerprint density at radius 2 is 1.71 bits per heavy atom. The lowest BCUT2D eigenvalue weighted by Gasteiger charge is -2.10. The number of benzene rings is 2. The molecule has 110 valence electrons. The normalized spacial score (nSPS) is 12.4. The highest BCUT2D eigenvalue weighted by Gasteiger charge is 2.14. The summed E-state index contributed by atoms with van der Waals surface area (Å²) in [7, 11) is -3.48. The van der Waals surface area contributed by atoms with E-state index in [2.05, 4.69) is 27.3 Å². The molecule has 2 aromatic carbocycles. The number of nitrogens with one attached hydrogen (secondary N) is 1. The fourth-order valence-corrected chi connectivity index (χ4v) is 3.42. The highest BCUT2D eigenvalue weighted by Crippen LogP contribution is 2.17. The number of aryl methyl sites for hydroxylation is 1. The third-order valence-electron chi connectivity index (χ3n) is 3.06. The minimum Gasteiger partial charge on any atom is -0.207 e. The number of hydrogen-bond acceptors (Lipinski definition) is 2. The standard InChI is InChI=1S/C16H16INO2S/c1-13-7-9-16(10-8-13)21(19,20)18-12-15(11-17)14-5-3-2-4-6-14/h2-11,18H,12H2,1H3/b15-11+. The van der Waals surface area contributed by atoms with E-state index < -0.39 is 10.0 Å². The molecule has 0 aliphatic rings. The van der Waals surface area contributed by atoms with Gasteiger partial charge < -0.3 is 0 Å². The van der Waals surface area contributed by atoms with Crippen molar-refractivity contribution in [2.75, 3.05) is 6.54 Å².